The maximum atomic E-state index is 13.1. The Morgan fingerprint density at radius 3 is 2.20 bits per heavy atom. The number of benzene rings is 2. The lowest BCUT2D eigenvalue weighted by Gasteiger charge is -2.36. The summed E-state index contributed by atoms with van der Waals surface area (Å²) >= 11 is 5.84. The van der Waals surface area contributed by atoms with Crippen LogP contribution < -0.4 is 4.90 Å². The van der Waals surface area contributed by atoms with E-state index in [4.69, 9.17) is 11.6 Å². The number of hydrogen-bond acceptors (Lipinski definition) is 6. The molecule has 1 aromatic heterocycles. The van der Waals surface area contributed by atoms with E-state index in [1.165, 1.54) is 18.2 Å². The number of pyridine rings is 1. The molecule has 35 heavy (non-hydrogen) atoms. The van der Waals surface area contributed by atoms with Crippen molar-refractivity contribution in [2.75, 3.05) is 31.1 Å². The van der Waals surface area contributed by atoms with Gasteiger partial charge in [-0.3, -0.25) is 9.78 Å². The van der Waals surface area contributed by atoms with Crippen LogP contribution in [0.4, 0.5) is 5.69 Å². The first kappa shape index (κ1) is 24.4. The number of aromatic nitrogens is 1. The lowest BCUT2D eigenvalue weighted by atomic mass is 10.1. The van der Waals surface area contributed by atoms with Gasteiger partial charge in [0.1, 0.15) is 0 Å². The van der Waals surface area contributed by atoms with Crippen LogP contribution in [0.1, 0.15) is 26.3 Å². The number of piperazine rings is 1. The minimum atomic E-state index is -3.94. The zero-order chi connectivity index (χ0) is 25.0. The molecule has 0 aliphatic carbocycles. The Labute approximate surface area is 208 Å². The van der Waals surface area contributed by atoms with Crippen LogP contribution in [0.2, 0.25) is 5.02 Å². The zero-order valence-electron chi connectivity index (χ0n) is 18.5. The summed E-state index contributed by atoms with van der Waals surface area (Å²) in [5.74, 6) is -1.82. The fraction of sp³-hybridized carbons (Fsp3) is 0.160. The third-order valence-corrected chi connectivity index (χ3v) is 7.34. The second kappa shape index (κ2) is 10.3. The molecule has 8 nitrogen and oxygen atoms in total. The molecule has 180 valence electrons. The van der Waals surface area contributed by atoms with Gasteiger partial charge in [0.2, 0.25) is 0 Å². The quantitative estimate of drug-likeness (QED) is 0.535. The highest BCUT2D eigenvalue weighted by Gasteiger charge is 2.27. The molecular weight excluding hydrogens is 490 g/mol. The molecular formula is C25H22ClN3O5S. The largest absolute Gasteiger partial charge is 0.478 e. The number of amides is 1. The predicted octanol–water partition coefficient (Wildman–Crippen LogP) is 3.84. The fourth-order valence-corrected chi connectivity index (χ4v) is 4.94. The first-order valence-corrected chi connectivity index (χ1v) is 12.7. The van der Waals surface area contributed by atoms with E-state index in [1.54, 1.807) is 41.6 Å². The van der Waals surface area contributed by atoms with Crippen LogP contribution in [-0.4, -0.2) is 61.5 Å². The molecule has 0 radical (unpaired) electrons. The number of hydrogen-bond donors (Lipinski definition) is 1. The highest BCUT2D eigenvalue weighted by molar-refractivity contribution is 7.94. The Morgan fingerprint density at radius 2 is 1.57 bits per heavy atom. The van der Waals surface area contributed by atoms with Crippen molar-refractivity contribution in [1.82, 2.24) is 9.88 Å². The molecule has 1 amide bonds. The number of rotatable bonds is 6. The summed E-state index contributed by atoms with van der Waals surface area (Å²) in [6.45, 7) is 1.98. The van der Waals surface area contributed by atoms with Crippen molar-refractivity contribution >= 4 is 45.1 Å². The average Bonchev–Trinajstić information content (AvgIpc) is 2.88. The standard InChI is InChI=1S/C25H22ClN3O5S/c26-19-3-1-18(2-4-19)9-16-35(33,34)21-5-6-22(23(17-21)25(31)32)24(30)29-14-12-28(13-15-29)20-7-10-27-11-8-20/h1-11,16-17H,12-15H2,(H,31,32). The number of carboxylic acids is 1. The van der Waals surface area contributed by atoms with Crippen molar-refractivity contribution in [2.24, 2.45) is 0 Å². The lowest BCUT2D eigenvalue weighted by molar-refractivity contribution is 0.0672. The summed E-state index contributed by atoms with van der Waals surface area (Å²) in [7, 11) is -3.94. The number of nitrogens with zero attached hydrogens (tertiary/aromatic N) is 3. The van der Waals surface area contributed by atoms with E-state index in [9.17, 15) is 23.1 Å². The normalized spacial score (nSPS) is 14.3. The Hall–Kier alpha value is -3.69. The maximum Gasteiger partial charge on any atom is 0.336 e. The zero-order valence-corrected chi connectivity index (χ0v) is 20.1. The van der Waals surface area contributed by atoms with Crippen LogP contribution in [-0.2, 0) is 9.84 Å². The van der Waals surface area contributed by atoms with Crippen molar-refractivity contribution in [2.45, 2.75) is 4.90 Å². The number of carbonyl (C=O) groups excluding carboxylic acids is 1. The first-order chi connectivity index (χ1) is 16.7. The topological polar surface area (TPSA) is 108 Å². The highest BCUT2D eigenvalue weighted by Crippen LogP contribution is 2.22. The second-order valence-electron chi connectivity index (χ2n) is 7.90. The van der Waals surface area contributed by atoms with Crippen LogP contribution >= 0.6 is 11.6 Å². The van der Waals surface area contributed by atoms with Gasteiger partial charge < -0.3 is 14.9 Å². The van der Waals surface area contributed by atoms with Gasteiger partial charge in [-0.25, -0.2) is 13.2 Å². The Bertz CT molecular complexity index is 1370. The molecule has 0 bridgehead atoms. The molecule has 0 atom stereocenters. The molecule has 1 N–H and O–H groups in total. The predicted molar refractivity (Wildman–Crippen MR) is 133 cm³/mol. The first-order valence-electron chi connectivity index (χ1n) is 10.7. The third-order valence-electron chi connectivity index (χ3n) is 5.68. The smallest absolute Gasteiger partial charge is 0.336 e. The number of halogens is 1. The summed E-state index contributed by atoms with van der Waals surface area (Å²) in [4.78, 5) is 32.5. The molecule has 0 unspecified atom stereocenters. The minimum Gasteiger partial charge on any atom is -0.478 e. The minimum absolute atomic E-state index is 0.0458. The van der Waals surface area contributed by atoms with Gasteiger partial charge in [0, 0.05) is 54.7 Å². The van der Waals surface area contributed by atoms with Crippen molar-refractivity contribution in [3.8, 4) is 0 Å². The molecule has 0 spiro atoms. The van der Waals surface area contributed by atoms with Crippen molar-refractivity contribution in [1.29, 1.82) is 0 Å². The number of carbonyl (C=O) groups is 2. The number of sulfone groups is 1. The number of anilines is 1. The van der Waals surface area contributed by atoms with Gasteiger partial charge in [-0.15, -0.1) is 0 Å². The summed E-state index contributed by atoms with van der Waals surface area (Å²) in [6, 6.07) is 13.9. The van der Waals surface area contributed by atoms with Crippen molar-refractivity contribution in [3.63, 3.8) is 0 Å². The van der Waals surface area contributed by atoms with Crippen LogP contribution in [0, 0.1) is 0 Å². The Kier molecular flexibility index (Phi) is 7.18. The number of aromatic carboxylic acids is 1. The van der Waals surface area contributed by atoms with E-state index in [2.05, 4.69) is 9.88 Å². The van der Waals surface area contributed by atoms with E-state index in [1.807, 2.05) is 12.1 Å². The SMILES string of the molecule is O=C(O)c1cc(S(=O)(=O)C=Cc2ccc(Cl)cc2)ccc1C(=O)N1CCN(c2ccncc2)CC1. The summed E-state index contributed by atoms with van der Waals surface area (Å²) in [5.41, 5.74) is 1.22. The molecule has 1 aliphatic heterocycles. The molecule has 0 saturated carbocycles. The molecule has 1 fully saturated rings. The Morgan fingerprint density at radius 1 is 0.914 bits per heavy atom. The molecule has 3 aromatic rings. The van der Waals surface area contributed by atoms with Gasteiger partial charge in [0.25, 0.3) is 5.91 Å². The lowest BCUT2D eigenvalue weighted by Crippen LogP contribution is -2.49. The molecule has 10 heteroatoms. The molecule has 1 aliphatic rings. The van der Waals surface area contributed by atoms with E-state index in [0.29, 0.717) is 36.8 Å². The van der Waals surface area contributed by atoms with Gasteiger partial charge in [-0.1, -0.05) is 23.7 Å². The van der Waals surface area contributed by atoms with Gasteiger partial charge in [-0.2, -0.15) is 0 Å². The van der Waals surface area contributed by atoms with Crippen LogP contribution in [0.25, 0.3) is 6.08 Å². The van der Waals surface area contributed by atoms with Crippen LogP contribution in [0.5, 0.6) is 0 Å². The van der Waals surface area contributed by atoms with Crippen molar-refractivity contribution in [3.05, 3.63) is 94.1 Å². The third kappa shape index (κ3) is 5.70. The van der Waals surface area contributed by atoms with E-state index < -0.39 is 21.7 Å². The van der Waals surface area contributed by atoms with Gasteiger partial charge in [0.05, 0.1) is 16.0 Å². The second-order valence-corrected chi connectivity index (χ2v) is 10.2. The summed E-state index contributed by atoms with van der Waals surface area (Å²) in [5, 5.41) is 11.2. The molecule has 2 heterocycles. The number of carboxylic acid groups (broad SMARTS) is 1. The molecule has 2 aromatic carbocycles. The Balaban J connectivity index is 1.53. The summed E-state index contributed by atoms with van der Waals surface area (Å²) in [6.07, 6.45) is 4.80. The monoisotopic (exact) mass is 511 g/mol. The molecule has 4 rings (SSSR count). The average molecular weight is 512 g/mol. The van der Waals surface area contributed by atoms with Crippen LogP contribution in [0.15, 0.2) is 77.3 Å². The van der Waals surface area contributed by atoms with E-state index in [0.717, 1.165) is 17.2 Å². The van der Waals surface area contributed by atoms with E-state index >= 15 is 0 Å². The van der Waals surface area contributed by atoms with Gasteiger partial charge in [0.15, 0.2) is 9.84 Å². The van der Waals surface area contributed by atoms with Crippen LogP contribution in [0.3, 0.4) is 0 Å². The van der Waals surface area contributed by atoms with Crippen molar-refractivity contribution < 1.29 is 23.1 Å². The van der Waals surface area contributed by atoms with E-state index in [-0.39, 0.29) is 16.0 Å². The fourth-order valence-electron chi connectivity index (χ4n) is 3.78. The summed E-state index contributed by atoms with van der Waals surface area (Å²) < 4.78 is 25.6. The maximum absolute atomic E-state index is 13.1. The van der Waals surface area contributed by atoms with Gasteiger partial charge >= 0.3 is 5.97 Å². The highest BCUT2D eigenvalue weighted by atomic mass is 35.5. The van der Waals surface area contributed by atoms with Gasteiger partial charge in [-0.05, 0) is 54.1 Å². The molecule has 1 saturated heterocycles.